The molecule has 100 valence electrons. The van der Waals surface area contributed by atoms with E-state index in [1.807, 2.05) is 6.92 Å². The molecule has 0 unspecified atom stereocenters. The van der Waals surface area contributed by atoms with Crippen molar-refractivity contribution in [1.82, 2.24) is 5.32 Å². The van der Waals surface area contributed by atoms with E-state index in [1.54, 1.807) is 0 Å². The standard InChI is InChI=1S/C14H27NO2/c1-4-12-7-9-14(10-8-12,15-5-2)11-13(16)17-6-3/h12,15H,4-11H2,1-3H3. The first-order chi connectivity index (χ1) is 8.15. The normalized spacial score (nSPS) is 29.0. The molecule has 0 amide bonds. The number of hydrogen-bond acceptors (Lipinski definition) is 3. The van der Waals surface area contributed by atoms with Gasteiger partial charge in [0.05, 0.1) is 13.0 Å². The number of ether oxygens (including phenoxy) is 1. The van der Waals surface area contributed by atoms with Crippen LogP contribution in [-0.4, -0.2) is 24.7 Å². The van der Waals surface area contributed by atoms with Crippen LogP contribution in [0.4, 0.5) is 0 Å². The van der Waals surface area contributed by atoms with E-state index in [4.69, 9.17) is 4.74 Å². The van der Waals surface area contributed by atoms with Crippen molar-refractivity contribution in [3.63, 3.8) is 0 Å². The van der Waals surface area contributed by atoms with Gasteiger partial charge in [0.15, 0.2) is 0 Å². The molecule has 1 rings (SSSR count). The molecule has 3 heteroatoms. The van der Waals surface area contributed by atoms with Gasteiger partial charge in [-0.1, -0.05) is 20.3 Å². The molecule has 0 radical (unpaired) electrons. The van der Waals surface area contributed by atoms with E-state index in [1.165, 1.54) is 19.3 Å². The lowest BCUT2D eigenvalue weighted by Gasteiger charge is -2.40. The van der Waals surface area contributed by atoms with Gasteiger partial charge in [-0.25, -0.2) is 0 Å². The highest BCUT2D eigenvalue weighted by molar-refractivity contribution is 5.71. The van der Waals surface area contributed by atoms with Crippen LogP contribution in [0.15, 0.2) is 0 Å². The fraction of sp³-hybridized carbons (Fsp3) is 0.929. The molecule has 3 nitrogen and oxygen atoms in total. The molecule has 17 heavy (non-hydrogen) atoms. The maximum Gasteiger partial charge on any atom is 0.307 e. The number of rotatable bonds is 6. The summed E-state index contributed by atoms with van der Waals surface area (Å²) < 4.78 is 5.09. The van der Waals surface area contributed by atoms with Crippen LogP contribution in [0.1, 0.15) is 59.3 Å². The lowest BCUT2D eigenvalue weighted by Crippen LogP contribution is -2.49. The summed E-state index contributed by atoms with van der Waals surface area (Å²) in [5, 5.41) is 3.53. The second-order valence-corrected chi connectivity index (χ2v) is 5.14. The summed E-state index contributed by atoms with van der Waals surface area (Å²) in [5.41, 5.74) is 0.00662. The van der Waals surface area contributed by atoms with Gasteiger partial charge in [0.2, 0.25) is 0 Å². The summed E-state index contributed by atoms with van der Waals surface area (Å²) in [7, 11) is 0. The fourth-order valence-corrected chi connectivity index (χ4v) is 2.92. The van der Waals surface area contributed by atoms with Crippen molar-refractivity contribution in [2.45, 2.75) is 64.8 Å². The summed E-state index contributed by atoms with van der Waals surface area (Å²) >= 11 is 0. The molecule has 0 aromatic carbocycles. The minimum atomic E-state index is -0.0524. The Hall–Kier alpha value is -0.570. The van der Waals surface area contributed by atoms with Gasteiger partial charge in [-0.2, -0.15) is 0 Å². The highest BCUT2D eigenvalue weighted by atomic mass is 16.5. The van der Waals surface area contributed by atoms with Crippen LogP contribution in [-0.2, 0) is 9.53 Å². The maximum absolute atomic E-state index is 11.7. The van der Waals surface area contributed by atoms with Crippen LogP contribution < -0.4 is 5.32 Å². The first-order valence-electron chi connectivity index (χ1n) is 7.06. The lowest BCUT2D eigenvalue weighted by atomic mass is 9.74. The number of carbonyl (C=O) groups excluding carboxylic acids is 1. The third kappa shape index (κ3) is 4.30. The molecular formula is C14H27NO2. The van der Waals surface area contributed by atoms with Crippen molar-refractivity contribution in [1.29, 1.82) is 0 Å². The van der Waals surface area contributed by atoms with Gasteiger partial charge in [-0.05, 0) is 45.1 Å². The Balaban J connectivity index is 2.54. The first-order valence-corrected chi connectivity index (χ1v) is 7.06. The molecule has 1 fully saturated rings. The zero-order valence-corrected chi connectivity index (χ0v) is 11.6. The summed E-state index contributed by atoms with van der Waals surface area (Å²) in [6.07, 6.45) is 6.49. The Morgan fingerprint density at radius 3 is 2.41 bits per heavy atom. The molecule has 0 aromatic heterocycles. The molecular weight excluding hydrogens is 214 g/mol. The fourth-order valence-electron chi connectivity index (χ4n) is 2.92. The highest BCUT2D eigenvalue weighted by Gasteiger charge is 2.36. The smallest absolute Gasteiger partial charge is 0.307 e. The van der Waals surface area contributed by atoms with Gasteiger partial charge in [0, 0.05) is 5.54 Å². The van der Waals surface area contributed by atoms with Crippen molar-refractivity contribution in [2.24, 2.45) is 5.92 Å². The number of nitrogens with one attached hydrogen (secondary N) is 1. The van der Waals surface area contributed by atoms with E-state index < -0.39 is 0 Å². The largest absolute Gasteiger partial charge is 0.466 e. The van der Waals surface area contributed by atoms with Crippen molar-refractivity contribution >= 4 is 5.97 Å². The zero-order chi connectivity index (χ0) is 12.7. The van der Waals surface area contributed by atoms with E-state index >= 15 is 0 Å². The quantitative estimate of drug-likeness (QED) is 0.727. The third-order valence-corrected chi connectivity index (χ3v) is 3.98. The maximum atomic E-state index is 11.7. The summed E-state index contributed by atoms with van der Waals surface area (Å²) in [6, 6.07) is 0. The average molecular weight is 241 g/mol. The van der Waals surface area contributed by atoms with E-state index in [-0.39, 0.29) is 11.5 Å². The molecule has 0 bridgehead atoms. The van der Waals surface area contributed by atoms with Crippen LogP contribution in [0.5, 0.6) is 0 Å². The van der Waals surface area contributed by atoms with Crippen molar-refractivity contribution in [3.05, 3.63) is 0 Å². The average Bonchev–Trinajstić information content (AvgIpc) is 2.30. The molecule has 1 aliphatic rings. The minimum absolute atomic E-state index is 0.00662. The van der Waals surface area contributed by atoms with Crippen LogP contribution in [0.25, 0.3) is 0 Å². The van der Waals surface area contributed by atoms with E-state index in [9.17, 15) is 4.79 Å². The van der Waals surface area contributed by atoms with Crippen LogP contribution in [0.2, 0.25) is 0 Å². The summed E-state index contributed by atoms with van der Waals surface area (Å²) in [6.45, 7) is 7.65. The van der Waals surface area contributed by atoms with Gasteiger partial charge < -0.3 is 10.1 Å². The van der Waals surface area contributed by atoms with Gasteiger partial charge in [-0.15, -0.1) is 0 Å². The molecule has 0 atom stereocenters. The minimum Gasteiger partial charge on any atom is -0.466 e. The molecule has 1 saturated carbocycles. The molecule has 1 aliphatic carbocycles. The zero-order valence-electron chi connectivity index (χ0n) is 11.6. The number of carbonyl (C=O) groups is 1. The summed E-state index contributed by atoms with van der Waals surface area (Å²) in [5.74, 6) is 0.798. The molecule has 0 aromatic rings. The Bertz CT molecular complexity index is 232. The van der Waals surface area contributed by atoms with E-state index in [2.05, 4.69) is 19.2 Å². The SMILES string of the molecule is CCNC1(CC(=O)OCC)CCC(CC)CC1. The first kappa shape index (κ1) is 14.5. The predicted molar refractivity (Wildman–Crippen MR) is 69.9 cm³/mol. The monoisotopic (exact) mass is 241 g/mol. The Morgan fingerprint density at radius 1 is 1.29 bits per heavy atom. The molecule has 0 heterocycles. The van der Waals surface area contributed by atoms with Gasteiger partial charge >= 0.3 is 5.97 Å². The van der Waals surface area contributed by atoms with Crippen molar-refractivity contribution in [3.8, 4) is 0 Å². The van der Waals surface area contributed by atoms with Gasteiger partial charge in [-0.3, -0.25) is 4.79 Å². The second kappa shape index (κ2) is 7.00. The van der Waals surface area contributed by atoms with Crippen molar-refractivity contribution in [2.75, 3.05) is 13.2 Å². The third-order valence-electron chi connectivity index (χ3n) is 3.98. The second-order valence-electron chi connectivity index (χ2n) is 5.14. The van der Waals surface area contributed by atoms with E-state index in [0.717, 1.165) is 25.3 Å². The molecule has 0 aliphatic heterocycles. The van der Waals surface area contributed by atoms with Crippen LogP contribution >= 0.6 is 0 Å². The summed E-state index contributed by atoms with van der Waals surface area (Å²) in [4.78, 5) is 11.7. The predicted octanol–water partition coefficient (Wildman–Crippen LogP) is 2.89. The van der Waals surface area contributed by atoms with Gasteiger partial charge in [0.25, 0.3) is 0 Å². The molecule has 0 saturated heterocycles. The Labute approximate surface area is 105 Å². The Kier molecular flexibility index (Phi) is 5.96. The molecule has 0 spiro atoms. The van der Waals surface area contributed by atoms with Crippen molar-refractivity contribution < 1.29 is 9.53 Å². The highest BCUT2D eigenvalue weighted by Crippen LogP contribution is 2.36. The molecule has 1 N–H and O–H groups in total. The lowest BCUT2D eigenvalue weighted by molar-refractivity contribution is -0.145. The number of esters is 1. The Morgan fingerprint density at radius 2 is 1.94 bits per heavy atom. The topological polar surface area (TPSA) is 38.3 Å². The number of hydrogen-bond donors (Lipinski definition) is 1. The van der Waals surface area contributed by atoms with Crippen LogP contribution in [0.3, 0.4) is 0 Å². The van der Waals surface area contributed by atoms with Crippen LogP contribution in [0, 0.1) is 5.92 Å². The van der Waals surface area contributed by atoms with E-state index in [0.29, 0.717) is 13.0 Å². The van der Waals surface area contributed by atoms with Gasteiger partial charge in [0.1, 0.15) is 0 Å².